The van der Waals surface area contributed by atoms with Crippen LogP contribution in [0.25, 0.3) is 0 Å². The van der Waals surface area contributed by atoms with Gasteiger partial charge in [0.05, 0.1) is 36.6 Å². The van der Waals surface area contributed by atoms with Crippen LogP contribution >= 0.6 is 11.6 Å². The van der Waals surface area contributed by atoms with Crippen LogP contribution in [0.4, 0.5) is 13.2 Å². The number of carbonyl (C=O) groups excluding carboxylic acids is 12. The topological polar surface area (TPSA) is 290 Å². The lowest BCUT2D eigenvalue weighted by molar-refractivity contribution is -0.157. The Hall–Kier alpha value is -7.10. The molecule has 0 radical (unpaired) electrons. The fraction of sp³-hybridized carbons (Fsp3) is 0.746. The number of benzene rings is 1. The highest BCUT2D eigenvalue weighted by Crippen LogP contribution is 2.38. The van der Waals surface area contributed by atoms with Crippen molar-refractivity contribution in [3.05, 3.63) is 34.3 Å². The molecule has 3 aliphatic carbocycles. The molecule has 25 nitrogen and oxygen atoms in total. The Kier molecular flexibility index (Phi) is 29.0. The zero-order valence-electron chi connectivity index (χ0n) is 60.0. The highest BCUT2D eigenvalue weighted by Gasteiger charge is 2.51. The van der Waals surface area contributed by atoms with E-state index in [-0.39, 0.29) is 57.4 Å². The van der Waals surface area contributed by atoms with Crippen molar-refractivity contribution in [2.24, 2.45) is 17.8 Å². The van der Waals surface area contributed by atoms with Crippen LogP contribution in [0.2, 0.25) is 5.02 Å². The number of nitrogens with zero attached hydrogens (tertiary/aromatic N) is 9. The minimum absolute atomic E-state index is 0.00899. The molecular formula is C71H108ClF3N12O13. The number of aryl methyl sites for hydroxylation is 1. The third-order valence-electron chi connectivity index (χ3n) is 22.1. The van der Waals surface area contributed by atoms with Crippen LogP contribution in [-0.2, 0) is 70.1 Å². The van der Waals surface area contributed by atoms with Gasteiger partial charge in [0.2, 0.25) is 70.9 Å². The normalized spacial score (nSPS) is 26.9. The van der Waals surface area contributed by atoms with Crippen LogP contribution in [0.3, 0.4) is 0 Å². The summed E-state index contributed by atoms with van der Waals surface area (Å²) in [5, 5.41) is 18.5. The maximum atomic E-state index is 15.7. The molecule has 100 heavy (non-hydrogen) atoms. The molecule has 0 aromatic heterocycles. The van der Waals surface area contributed by atoms with Crippen molar-refractivity contribution in [2.75, 3.05) is 95.2 Å². The van der Waals surface area contributed by atoms with Crippen molar-refractivity contribution in [2.45, 2.75) is 228 Å². The van der Waals surface area contributed by atoms with E-state index in [1.54, 1.807) is 18.7 Å². The van der Waals surface area contributed by atoms with Gasteiger partial charge in [0.1, 0.15) is 47.8 Å². The average molecular weight is 1430 g/mol. The van der Waals surface area contributed by atoms with Crippen molar-refractivity contribution < 1.29 is 75.8 Å². The monoisotopic (exact) mass is 1430 g/mol. The summed E-state index contributed by atoms with van der Waals surface area (Å²) in [7, 11) is 9.75. The van der Waals surface area contributed by atoms with Gasteiger partial charge in [-0.05, 0) is 119 Å². The van der Waals surface area contributed by atoms with Gasteiger partial charge in [-0.1, -0.05) is 102 Å². The number of hydrogen-bond acceptors (Lipinski definition) is 13. The number of carbonyl (C=O) groups is 12. The van der Waals surface area contributed by atoms with E-state index in [0.29, 0.717) is 70.0 Å². The SMILES string of the molecule is CC[C@H](C)[C@@H]1NC(=O)[C@H](CCO)N(C)C(=O)C[C@@H](C(=O)N2CCCCC2)N(C)C(=O)[C@H](C2CCCCC2)N(C)C(=O)C2(CCCC2)NC(=O)[C@@H]2CCCN2C(=O)[C@H](CCc2ccc(C(F)(F)F)c(Cl)c2)NC(=O)CN(C)C(=O)[C@H](CC2CCCCC2)N(C)C(=O)CN(C)C(=O)CN(C)C1=O. The molecule has 1 spiro atoms. The third kappa shape index (κ3) is 19.9. The number of halogens is 4. The summed E-state index contributed by atoms with van der Waals surface area (Å²) in [6.45, 7) is 1.91. The smallest absolute Gasteiger partial charge is 0.396 e. The van der Waals surface area contributed by atoms with E-state index in [2.05, 4.69) is 16.0 Å². The first kappa shape index (κ1) is 80.2. The van der Waals surface area contributed by atoms with Gasteiger partial charge in [0.25, 0.3) is 0 Å². The van der Waals surface area contributed by atoms with Gasteiger partial charge in [-0.25, -0.2) is 0 Å². The highest BCUT2D eigenvalue weighted by atomic mass is 35.5. The summed E-state index contributed by atoms with van der Waals surface area (Å²) in [5.41, 5.74) is -2.36. The molecule has 3 saturated heterocycles. The molecule has 29 heteroatoms. The zero-order valence-corrected chi connectivity index (χ0v) is 60.8. The van der Waals surface area contributed by atoms with Crippen molar-refractivity contribution in [3.8, 4) is 0 Å². The Morgan fingerprint density at radius 2 is 1.23 bits per heavy atom. The Morgan fingerprint density at radius 1 is 0.630 bits per heavy atom. The van der Waals surface area contributed by atoms with Gasteiger partial charge in [0, 0.05) is 75.6 Å². The number of aliphatic hydroxyl groups excluding tert-OH is 1. The molecule has 1 aromatic carbocycles. The minimum atomic E-state index is -4.76. The maximum Gasteiger partial charge on any atom is 0.417 e. The van der Waals surface area contributed by atoms with E-state index in [4.69, 9.17) is 11.6 Å². The standard InChI is InChI=1S/C71H108ClF3N12O13/c1-10-45(2)60-67(98)81(5)43-58(91)79(3)44-59(92)83(7)54(40-46-23-14-11-15-24-46)65(96)80(4)42-56(89)76-51(31-29-47-28-30-49(50(72)39-47)71(73,74)75)64(95)87-37-22-27-53(87)63(94)78-70(33-18-19-34-70)69(100)85(9)61(48-25-16-12-17-26-48)68(99)84(8)55(66(97)86-35-20-13-21-36-86)41-57(90)82(6)52(32-38-88)62(93)77-60/h28,30,39,45-46,48,51-55,60-61,88H,10-27,29,31-38,40-44H2,1-9H3,(H,76,89)(H,77,93)(H,78,94)/t45-,51-,52-,53-,54-,55-,60-,61-/m0/s1. The van der Waals surface area contributed by atoms with Crippen molar-refractivity contribution >= 4 is 82.5 Å². The van der Waals surface area contributed by atoms with Crippen LogP contribution in [0.1, 0.15) is 179 Å². The molecule has 6 fully saturated rings. The molecule has 12 amide bonds. The van der Waals surface area contributed by atoms with Gasteiger partial charge in [-0.3, -0.25) is 57.5 Å². The van der Waals surface area contributed by atoms with Crippen molar-refractivity contribution in [1.29, 1.82) is 0 Å². The number of likely N-dealkylation sites (N-methyl/N-ethyl adjacent to an activating group) is 7. The van der Waals surface area contributed by atoms with Gasteiger partial charge < -0.3 is 65.2 Å². The first-order chi connectivity index (χ1) is 47.3. The second-order valence-corrected chi connectivity index (χ2v) is 29.5. The van der Waals surface area contributed by atoms with Crippen LogP contribution in [-0.4, -0.2) is 263 Å². The Balaban J connectivity index is 1.28. The van der Waals surface area contributed by atoms with E-state index in [0.717, 1.165) is 89.5 Å². The summed E-state index contributed by atoms with van der Waals surface area (Å²) >= 11 is 6.16. The second-order valence-electron chi connectivity index (χ2n) is 29.1. The Bertz CT molecular complexity index is 3100. The number of alkyl halides is 3. The fourth-order valence-corrected chi connectivity index (χ4v) is 15.9. The van der Waals surface area contributed by atoms with Gasteiger partial charge in [0.15, 0.2) is 0 Å². The number of hydrogen-bond donors (Lipinski definition) is 4. The number of amides is 12. The summed E-state index contributed by atoms with van der Waals surface area (Å²) < 4.78 is 41.6. The summed E-state index contributed by atoms with van der Waals surface area (Å²) in [4.78, 5) is 190. The van der Waals surface area contributed by atoms with Crippen LogP contribution in [0.5, 0.6) is 0 Å². The number of nitrogens with one attached hydrogen (secondary N) is 3. The largest absolute Gasteiger partial charge is 0.417 e. The first-order valence-corrected chi connectivity index (χ1v) is 36.5. The summed E-state index contributed by atoms with van der Waals surface area (Å²) in [6.07, 6.45) is 6.24. The number of rotatable bonds is 11. The fourth-order valence-electron chi connectivity index (χ4n) is 15.6. The minimum Gasteiger partial charge on any atom is -0.396 e. The van der Waals surface area contributed by atoms with Gasteiger partial charge in [-0.2, -0.15) is 13.2 Å². The molecule has 6 aliphatic rings. The van der Waals surface area contributed by atoms with Crippen molar-refractivity contribution in [1.82, 2.24) is 60.0 Å². The predicted molar refractivity (Wildman–Crippen MR) is 366 cm³/mol. The summed E-state index contributed by atoms with van der Waals surface area (Å²) in [5.74, 6) is -9.13. The van der Waals surface area contributed by atoms with Gasteiger partial charge >= 0.3 is 6.18 Å². The molecule has 8 atom stereocenters. The third-order valence-corrected chi connectivity index (χ3v) is 22.4. The molecule has 7 rings (SSSR count). The van der Waals surface area contributed by atoms with Crippen LogP contribution < -0.4 is 16.0 Å². The van der Waals surface area contributed by atoms with Gasteiger partial charge in [-0.15, -0.1) is 0 Å². The second kappa shape index (κ2) is 36.2. The lowest BCUT2D eigenvalue weighted by atomic mass is 9.81. The molecule has 0 bridgehead atoms. The van der Waals surface area contributed by atoms with E-state index in [1.807, 2.05) is 0 Å². The molecule has 4 N–H and O–H groups in total. The molecular weight excluding hydrogens is 1320 g/mol. The van der Waals surface area contributed by atoms with E-state index in [9.17, 15) is 51.8 Å². The molecule has 3 heterocycles. The molecule has 558 valence electrons. The average Bonchev–Trinajstić information content (AvgIpc) is 1.54. The maximum absolute atomic E-state index is 15.7. The predicted octanol–water partition coefficient (Wildman–Crippen LogP) is 4.76. The number of fused-ring (bicyclic) bond motifs is 1. The van der Waals surface area contributed by atoms with Crippen molar-refractivity contribution in [3.63, 3.8) is 0 Å². The zero-order chi connectivity index (χ0) is 73.5. The quantitative estimate of drug-likeness (QED) is 0.233. The summed E-state index contributed by atoms with van der Waals surface area (Å²) in [6, 6.07) is -5.95. The molecule has 1 aromatic rings. The highest BCUT2D eigenvalue weighted by molar-refractivity contribution is 6.31. The lowest BCUT2D eigenvalue weighted by Gasteiger charge is -2.43. The van der Waals surface area contributed by atoms with E-state index >= 15 is 24.0 Å². The molecule has 3 aliphatic heterocycles. The van der Waals surface area contributed by atoms with E-state index in [1.165, 1.54) is 75.0 Å². The number of aliphatic hydroxyl groups is 1. The van der Waals surface area contributed by atoms with Crippen LogP contribution in [0, 0.1) is 17.8 Å². The Labute approximate surface area is 591 Å². The van der Waals surface area contributed by atoms with Crippen LogP contribution in [0.15, 0.2) is 18.2 Å². The number of piperidine rings is 1. The number of likely N-dealkylation sites (tertiary alicyclic amines) is 1. The molecule has 0 unspecified atom stereocenters. The van der Waals surface area contributed by atoms with E-state index < -0.39 is 180 Å². The lowest BCUT2D eigenvalue weighted by Crippen LogP contribution is -2.65. The Morgan fingerprint density at radius 3 is 1.84 bits per heavy atom. The molecule has 3 saturated carbocycles. The first-order valence-electron chi connectivity index (χ1n) is 36.1.